The van der Waals surface area contributed by atoms with Crippen molar-refractivity contribution in [2.45, 2.75) is 0 Å². The van der Waals surface area contributed by atoms with Gasteiger partial charge in [-0.25, -0.2) is 5.48 Å². The van der Waals surface area contributed by atoms with E-state index in [-0.39, 0.29) is 0 Å². The molecule has 0 aliphatic heterocycles. The van der Waals surface area contributed by atoms with Crippen molar-refractivity contribution in [2.75, 3.05) is 0 Å². The molecular formula is C6H6N2O2. The van der Waals surface area contributed by atoms with E-state index in [1.165, 1.54) is 30.0 Å². The lowest BCUT2D eigenvalue weighted by atomic mass is 10.3. The van der Waals surface area contributed by atoms with Crippen LogP contribution < -0.4 is 5.48 Å². The van der Waals surface area contributed by atoms with Gasteiger partial charge in [-0.3, -0.25) is 15.0 Å². The molecule has 0 aromatic carbocycles. The molecule has 0 fully saturated rings. The fourth-order valence-corrected chi connectivity index (χ4v) is 0.568. The van der Waals surface area contributed by atoms with E-state index in [2.05, 4.69) is 4.98 Å². The van der Waals surface area contributed by atoms with Gasteiger partial charge in [0.25, 0.3) is 5.91 Å². The van der Waals surface area contributed by atoms with Crippen LogP contribution in [0, 0.1) is 0 Å². The van der Waals surface area contributed by atoms with Crippen LogP contribution in [-0.4, -0.2) is 16.1 Å². The molecule has 52 valence electrons. The summed E-state index contributed by atoms with van der Waals surface area (Å²) in [5, 5.41) is 8.17. The van der Waals surface area contributed by atoms with Crippen LogP contribution in [-0.2, 0) is 0 Å². The molecule has 0 spiro atoms. The fraction of sp³-hybridized carbons (Fsp3) is 0. The average molecular weight is 138 g/mol. The van der Waals surface area contributed by atoms with Crippen molar-refractivity contribution in [3.8, 4) is 0 Å². The van der Waals surface area contributed by atoms with E-state index in [9.17, 15) is 4.79 Å². The molecule has 1 aromatic heterocycles. The molecule has 4 heteroatoms. The molecule has 0 aliphatic rings. The van der Waals surface area contributed by atoms with Gasteiger partial charge in [-0.2, -0.15) is 0 Å². The second kappa shape index (κ2) is 2.93. The first kappa shape index (κ1) is 6.70. The number of hydrogen-bond donors (Lipinski definition) is 2. The molecule has 10 heavy (non-hydrogen) atoms. The van der Waals surface area contributed by atoms with E-state index in [4.69, 9.17) is 5.21 Å². The number of nitrogens with one attached hydrogen (secondary N) is 1. The van der Waals surface area contributed by atoms with Crippen molar-refractivity contribution < 1.29 is 10.0 Å². The summed E-state index contributed by atoms with van der Waals surface area (Å²) >= 11 is 0. The molecule has 0 bridgehead atoms. The van der Waals surface area contributed by atoms with Crippen molar-refractivity contribution in [3.63, 3.8) is 0 Å². The number of hydrogen-bond acceptors (Lipinski definition) is 3. The number of nitrogens with zero attached hydrogens (tertiary/aromatic N) is 1. The quantitative estimate of drug-likeness (QED) is 0.430. The van der Waals surface area contributed by atoms with E-state index < -0.39 is 5.91 Å². The summed E-state index contributed by atoms with van der Waals surface area (Å²) in [6, 6.07) is 3.01. The van der Waals surface area contributed by atoms with Crippen molar-refractivity contribution >= 4 is 5.91 Å². The monoisotopic (exact) mass is 138 g/mol. The van der Waals surface area contributed by atoms with Crippen molar-refractivity contribution in [1.82, 2.24) is 10.5 Å². The van der Waals surface area contributed by atoms with Crippen LogP contribution in [0.1, 0.15) is 10.4 Å². The average Bonchev–Trinajstić information content (AvgIpc) is 2.05. The fourth-order valence-electron chi connectivity index (χ4n) is 0.568. The Hall–Kier alpha value is -1.42. The van der Waals surface area contributed by atoms with Gasteiger partial charge in [0.1, 0.15) is 0 Å². The van der Waals surface area contributed by atoms with Crippen molar-refractivity contribution in [1.29, 1.82) is 0 Å². The maximum Gasteiger partial charge on any atom is 0.274 e. The first-order valence-corrected chi connectivity index (χ1v) is 2.69. The standard InChI is InChI=1S/C6H6N2O2/c9-6(8-10)5-1-3-7-4-2-5/h1-4,10H,(H,8,9). The third-order valence-corrected chi connectivity index (χ3v) is 1.04. The topological polar surface area (TPSA) is 62.2 Å². The number of amides is 1. The molecular weight excluding hydrogens is 132 g/mol. The number of carbonyl (C=O) groups is 1. The molecule has 2 N–H and O–H groups in total. The van der Waals surface area contributed by atoms with Gasteiger partial charge in [-0.1, -0.05) is 0 Å². The van der Waals surface area contributed by atoms with Gasteiger partial charge in [0.05, 0.1) is 0 Å². The SMILES string of the molecule is O=C(NO)c1ccncc1. The largest absolute Gasteiger partial charge is 0.288 e. The Bertz CT molecular complexity index is 222. The predicted octanol–water partition coefficient (Wildman–Crippen LogP) is 0.201. The minimum atomic E-state index is -0.526. The number of carbonyl (C=O) groups excluding carboxylic acids is 1. The van der Waals surface area contributed by atoms with Gasteiger partial charge in [0.2, 0.25) is 0 Å². The molecule has 4 nitrogen and oxygen atoms in total. The molecule has 0 radical (unpaired) electrons. The molecule has 0 saturated heterocycles. The van der Waals surface area contributed by atoms with Gasteiger partial charge >= 0.3 is 0 Å². The lowest BCUT2D eigenvalue weighted by molar-refractivity contribution is 0.0706. The van der Waals surface area contributed by atoms with Crippen molar-refractivity contribution in [3.05, 3.63) is 30.1 Å². The zero-order valence-corrected chi connectivity index (χ0v) is 5.11. The summed E-state index contributed by atoms with van der Waals surface area (Å²) < 4.78 is 0. The first-order valence-electron chi connectivity index (χ1n) is 2.69. The highest BCUT2D eigenvalue weighted by atomic mass is 16.5. The Morgan fingerprint density at radius 1 is 1.50 bits per heavy atom. The summed E-state index contributed by atoms with van der Waals surface area (Å²) in [6.07, 6.45) is 2.95. The predicted molar refractivity (Wildman–Crippen MR) is 33.5 cm³/mol. The minimum absolute atomic E-state index is 0.387. The third kappa shape index (κ3) is 1.29. The smallest absolute Gasteiger partial charge is 0.274 e. The maximum absolute atomic E-state index is 10.6. The molecule has 0 aliphatic carbocycles. The Morgan fingerprint density at radius 3 is 2.60 bits per heavy atom. The van der Waals surface area contributed by atoms with Gasteiger partial charge in [0, 0.05) is 18.0 Å². The van der Waals surface area contributed by atoms with E-state index in [1.54, 1.807) is 0 Å². The number of pyridine rings is 1. The molecule has 0 atom stereocenters. The Kier molecular flexibility index (Phi) is 1.96. The molecule has 1 rings (SSSR count). The number of hydroxylamine groups is 1. The van der Waals surface area contributed by atoms with Crippen LogP contribution in [0.15, 0.2) is 24.5 Å². The summed E-state index contributed by atoms with van der Waals surface area (Å²) in [5.41, 5.74) is 1.90. The molecule has 0 saturated carbocycles. The highest BCUT2D eigenvalue weighted by molar-refractivity contribution is 5.93. The lowest BCUT2D eigenvalue weighted by Gasteiger charge is -1.94. The first-order chi connectivity index (χ1) is 4.84. The van der Waals surface area contributed by atoms with Crippen LogP contribution >= 0.6 is 0 Å². The van der Waals surface area contributed by atoms with Gasteiger partial charge < -0.3 is 0 Å². The van der Waals surface area contributed by atoms with E-state index in [0.717, 1.165) is 0 Å². The van der Waals surface area contributed by atoms with Crippen LogP contribution in [0.2, 0.25) is 0 Å². The Morgan fingerprint density at radius 2 is 2.10 bits per heavy atom. The van der Waals surface area contributed by atoms with Gasteiger partial charge in [-0.15, -0.1) is 0 Å². The van der Waals surface area contributed by atoms with Crippen LogP contribution in [0.4, 0.5) is 0 Å². The maximum atomic E-state index is 10.6. The number of rotatable bonds is 1. The number of aromatic nitrogens is 1. The molecule has 1 aromatic rings. The summed E-state index contributed by atoms with van der Waals surface area (Å²) in [5.74, 6) is -0.526. The highest BCUT2D eigenvalue weighted by Crippen LogP contribution is 1.93. The van der Waals surface area contributed by atoms with E-state index >= 15 is 0 Å². The molecule has 1 heterocycles. The van der Waals surface area contributed by atoms with Crippen molar-refractivity contribution in [2.24, 2.45) is 0 Å². The van der Waals surface area contributed by atoms with Gasteiger partial charge in [-0.05, 0) is 12.1 Å². The second-order valence-corrected chi connectivity index (χ2v) is 1.68. The summed E-state index contributed by atoms with van der Waals surface area (Å²) in [4.78, 5) is 14.3. The van der Waals surface area contributed by atoms with Gasteiger partial charge in [0.15, 0.2) is 0 Å². The minimum Gasteiger partial charge on any atom is -0.288 e. The normalized spacial score (nSPS) is 8.90. The molecule has 1 amide bonds. The molecule has 0 unspecified atom stereocenters. The Balaban J connectivity index is 2.85. The van der Waals surface area contributed by atoms with E-state index in [0.29, 0.717) is 5.56 Å². The highest BCUT2D eigenvalue weighted by Gasteiger charge is 1.99. The third-order valence-electron chi connectivity index (χ3n) is 1.04. The van der Waals surface area contributed by atoms with E-state index in [1.807, 2.05) is 0 Å². The summed E-state index contributed by atoms with van der Waals surface area (Å²) in [6.45, 7) is 0. The zero-order valence-electron chi connectivity index (χ0n) is 5.11. The second-order valence-electron chi connectivity index (χ2n) is 1.68. The zero-order chi connectivity index (χ0) is 7.40. The summed E-state index contributed by atoms with van der Waals surface area (Å²) in [7, 11) is 0. The van der Waals surface area contributed by atoms with Crippen LogP contribution in [0.25, 0.3) is 0 Å². The van der Waals surface area contributed by atoms with Crippen LogP contribution in [0.3, 0.4) is 0 Å². The Labute approximate surface area is 57.5 Å². The van der Waals surface area contributed by atoms with Crippen LogP contribution in [0.5, 0.6) is 0 Å². The lowest BCUT2D eigenvalue weighted by Crippen LogP contribution is -2.18.